The molecule has 0 bridgehead atoms. The molecule has 12 heteroatoms. The summed E-state index contributed by atoms with van der Waals surface area (Å²) in [6, 6.07) is 19.3. The second-order valence-electron chi connectivity index (χ2n) is 15.2. The molecule has 58 heavy (non-hydrogen) atoms. The highest BCUT2D eigenvalue weighted by Crippen LogP contribution is 2.41. The number of aliphatic hydroxyl groups excluding tert-OH is 1. The standard InChI is InChI=1S/C42H54N6O6.2C2H6/c1-46(20-17-43-27-37(50)34-7-9-36(49)41-35(34)8-10-39(51)45-41)40(52)13-23-53-22-12-30-3-2-4-31(25-30)28-47-18-14-42(15-19-47)29-48(21-24-54-42)38-26-33(11-16-44-38)32-5-6-32;2*1-2/h2-4,7-11,16,25-26,32,37,43,49-50H,5-6,12-15,17-24,27-29H2,1H3,(H,45,51);2*1-2H3. The van der Waals surface area contributed by atoms with Gasteiger partial charge in [0, 0.05) is 77.1 Å². The number of nitrogens with zero attached hydrogens (tertiary/aromatic N) is 4. The zero-order valence-electron chi connectivity index (χ0n) is 35.3. The molecule has 4 heterocycles. The Bertz CT molecular complexity index is 1940. The van der Waals surface area contributed by atoms with Gasteiger partial charge in [-0.25, -0.2) is 4.98 Å². The molecule has 3 aliphatic rings. The van der Waals surface area contributed by atoms with Crippen molar-refractivity contribution in [1.82, 2.24) is 25.1 Å². The smallest absolute Gasteiger partial charge is 0.248 e. The van der Waals surface area contributed by atoms with Crippen molar-refractivity contribution in [2.45, 2.75) is 90.4 Å². The van der Waals surface area contributed by atoms with Gasteiger partial charge in [0.05, 0.1) is 43.5 Å². The van der Waals surface area contributed by atoms with Crippen LogP contribution < -0.4 is 15.8 Å². The maximum Gasteiger partial charge on any atom is 0.248 e. The first-order valence-corrected chi connectivity index (χ1v) is 21.5. The Morgan fingerprint density at radius 1 is 1.03 bits per heavy atom. The molecule has 2 aliphatic heterocycles. The molecule has 7 rings (SSSR count). The van der Waals surface area contributed by atoms with E-state index in [0.29, 0.717) is 49.2 Å². The molecule has 4 aromatic rings. The summed E-state index contributed by atoms with van der Waals surface area (Å²) in [6.45, 7) is 15.7. The number of likely N-dealkylation sites (tertiary alicyclic amines) is 1. The summed E-state index contributed by atoms with van der Waals surface area (Å²) in [4.78, 5) is 38.3. The van der Waals surface area contributed by atoms with Crippen molar-refractivity contribution in [3.63, 3.8) is 0 Å². The number of aromatic hydroxyl groups is 1. The number of fused-ring (bicyclic) bond motifs is 1. The number of carbonyl (C=O) groups excluding carboxylic acids is 1. The lowest BCUT2D eigenvalue weighted by molar-refractivity contribution is -0.131. The van der Waals surface area contributed by atoms with Crippen molar-refractivity contribution >= 4 is 22.6 Å². The highest BCUT2D eigenvalue weighted by molar-refractivity contribution is 5.87. The van der Waals surface area contributed by atoms with Gasteiger partial charge < -0.3 is 39.8 Å². The molecular formula is C46H66N6O6. The number of hydrogen-bond acceptors (Lipinski definition) is 10. The van der Waals surface area contributed by atoms with Crippen LogP contribution in [-0.4, -0.2) is 114 Å². The van der Waals surface area contributed by atoms with Gasteiger partial charge in [0.15, 0.2) is 0 Å². The zero-order chi connectivity index (χ0) is 41.5. The van der Waals surface area contributed by atoms with Crippen LogP contribution in [0.25, 0.3) is 10.9 Å². The average Bonchev–Trinajstić information content (AvgIpc) is 4.11. The van der Waals surface area contributed by atoms with Crippen LogP contribution in [0.4, 0.5) is 5.82 Å². The molecule has 2 aromatic carbocycles. The fraction of sp³-hybridized carbons (Fsp3) is 0.543. The summed E-state index contributed by atoms with van der Waals surface area (Å²) in [5, 5.41) is 24.6. The molecule has 2 saturated heterocycles. The minimum Gasteiger partial charge on any atom is -0.506 e. The van der Waals surface area contributed by atoms with E-state index in [4.69, 9.17) is 14.5 Å². The van der Waals surface area contributed by atoms with Crippen LogP contribution in [0.1, 0.15) is 94.1 Å². The number of benzene rings is 2. The van der Waals surface area contributed by atoms with Gasteiger partial charge >= 0.3 is 0 Å². The van der Waals surface area contributed by atoms with Crippen LogP contribution in [0, 0.1) is 0 Å². The Morgan fingerprint density at radius 2 is 1.81 bits per heavy atom. The van der Waals surface area contributed by atoms with E-state index in [-0.39, 0.29) is 29.4 Å². The van der Waals surface area contributed by atoms with E-state index < -0.39 is 6.10 Å². The number of rotatable bonds is 16. The molecule has 0 radical (unpaired) electrons. The number of piperidine rings is 1. The van der Waals surface area contributed by atoms with Gasteiger partial charge in [0.1, 0.15) is 11.6 Å². The lowest BCUT2D eigenvalue weighted by Crippen LogP contribution is -2.57. The molecule has 1 atom stereocenters. The van der Waals surface area contributed by atoms with E-state index in [1.54, 1.807) is 24.1 Å². The van der Waals surface area contributed by atoms with Crippen LogP contribution in [-0.2, 0) is 27.2 Å². The van der Waals surface area contributed by atoms with Crippen molar-refractivity contribution in [2.75, 3.05) is 77.6 Å². The van der Waals surface area contributed by atoms with E-state index in [9.17, 15) is 19.8 Å². The normalized spacial score (nSPS) is 16.9. The average molecular weight is 799 g/mol. The molecule has 1 spiro atoms. The van der Waals surface area contributed by atoms with E-state index in [1.165, 1.54) is 41.7 Å². The fourth-order valence-corrected chi connectivity index (χ4v) is 7.79. The number of morpholine rings is 1. The van der Waals surface area contributed by atoms with Gasteiger partial charge in [0.2, 0.25) is 11.5 Å². The van der Waals surface area contributed by atoms with Crippen LogP contribution in [0.15, 0.2) is 71.7 Å². The first-order valence-electron chi connectivity index (χ1n) is 21.5. The van der Waals surface area contributed by atoms with Crippen LogP contribution in [0.5, 0.6) is 5.75 Å². The number of likely N-dealkylation sites (N-methyl/N-ethyl adjacent to an activating group) is 1. The number of pyridine rings is 2. The third-order valence-electron chi connectivity index (χ3n) is 11.2. The minimum atomic E-state index is -0.853. The van der Waals surface area contributed by atoms with Gasteiger partial charge in [-0.05, 0) is 84.5 Å². The summed E-state index contributed by atoms with van der Waals surface area (Å²) in [5.74, 6) is 1.79. The van der Waals surface area contributed by atoms with Crippen LogP contribution in [0.2, 0.25) is 0 Å². The number of aromatic amines is 1. The number of phenols is 1. The number of phenolic OH excluding ortho intramolecular Hbond substituents is 1. The van der Waals surface area contributed by atoms with Crippen molar-refractivity contribution in [1.29, 1.82) is 0 Å². The molecule has 2 aromatic heterocycles. The van der Waals surface area contributed by atoms with Crippen molar-refractivity contribution < 1.29 is 24.5 Å². The first kappa shape index (κ1) is 44.8. The highest BCUT2D eigenvalue weighted by atomic mass is 16.5. The van der Waals surface area contributed by atoms with Gasteiger partial charge in [0.25, 0.3) is 0 Å². The quantitative estimate of drug-likeness (QED) is 0.0974. The summed E-state index contributed by atoms with van der Waals surface area (Å²) in [6.07, 6.45) is 6.87. The lowest BCUT2D eigenvalue weighted by atomic mass is 9.89. The van der Waals surface area contributed by atoms with E-state index in [0.717, 1.165) is 70.3 Å². The van der Waals surface area contributed by atoms with Gasteiger partial charge in [-0.3, -0.25) is 14.5 Å². The molecule has 4 N–H and O–H groups in total. The topological polar surface area (TPSA) is 143 Å². The molecule has 1 saturated carbocycles. The monoisotopic (exact) mass is 799 g/mol. The number of ether oxygens (including phenoxy) is 2. The van der Waals surface area contributed by atoms with E-state index >= 15 is 0 Å². The summed E-state index contributed by atoms with van der Waals surface area (Å²) in [5.41, 5.74) is 4.45. The van der Waals surface area contributed by atoms with E-state index in [2.05, 4.69) is 56.5 Å². The lowest BCUT2D eigenvalue weighted by Gasteiger charge is -2.47. The molecule has 1 aliphatic carbocycles. The number of amides is 1. The molecule has 1 unspecified atom stereocenters. The predicted molar refractivity (Wildman–Crippen MR) is 232 cm³/mol. The van der Waals surface area contributed by atoms with Crippen molar-refractivity contribution in [3.8, 4) is 5.75 Å². The number of hydrogen-bond donors (Lipinski definition) is 4. The Labute approximate surface area is 344 Å². The Hall–Kier alpha value is -4.33. The molecule has 3 fully saturated rings. The van der Waals surface area contributed by atoms with Gasteiger partial charge in [-0.2, -0.15) is 0 Å². The first-order chi connectivity index (χ1) is 28.2. The number of H-pyrrole nitrogens is 1. The summed E-state index contributed by atoms with van der Waals surface area (Å²) in [7, 11) is 1.76. The predicted octanol–water partition coefficient (Wildman–Crippen LogP) is 6.16. The molecule has 1 amide bonds. The Balaban J connectivity index is 0.00000155. The molecule has 316 valence electrons. The Kier molecular flexibility index (Phi) is 17.1. The second kappa shape index (κ2) is 22.2. The minimum absolute atomic E-state index is 0.00178. The van der Waals surface area contributed by atoms with Crippen molar-refractivity contribution in [3.05, 3.63) is 99.5 Å². The highest BCUT2D eigenvalue weighted by Gasteiger charge is 2.40. The third kappa shape index (κ3) is 12.3. The third-order valence-corrected chi connectivity index (χ3v) is 11.2. The van der Waals surface area contributed by atoms with Crippen molar-refractivity contribution in [2.24, 2.45) is 0 Å². The summed E-state index contributed by atoms with van der Waals surface area (Å²) < 4.78 is 12.3. The number of carbonyl (C=O) groups is 1. The zero-order valence-corrected chi connectivity index (χ0v) is 35.3. The molecule has 12 nitrogen and oxygen atoms in total. The fourth-order valence-electron chi connectivity index (χ4n) is 7.79. The number of anilines is 1. The van der Waals surface area contributed by atoms with Crippen LogP contribution in [0.3, 0.4) is 0 Å². The number of nitrogens with one attached hydrogen (secondary N) is 2. The SMILES string of the molecule is CC.CC.CN(CCNCC(O)c1ccc(O)c2[nH]c(=O)ccc12)C(=O)CCOCCc1cccc(CN2CCC3(CC2)CN(c2cc(C4CC4)ccn2)CCO3)c1. The Morgan fingerprint density at radius 3 is 2.59 bits per heavy atom. The van der Waals surface area contributed by atoms with E-state index in [1.807, 2.05) is 33.9 Å². The number of aliphatic hydroxyl groups is 1. The second-order valence-corrected chi connectivity index (χ2v) is 15.2. The van der Waals surface area contributed by atoms with Gasteiger partial charge in [-0.1, -0.05) is 58.0 Å². The maximum atomic E-state index is 12.7. The number of aromatic nitrogens is 2. The maximum absolute atomic E-state index is 12.7. The summed E-state index contributed by atoms with van der Waals surface area (Å²) >= 11 is 0. The van der Waals surface area contributed by atoms with Gasteiger partial charge in [-0.15, -0.1) is 0 Å². The largest absolute Gasteiger partial charge is 0.506 e. The molecular weight excluding hydrogens is 733 g/mol. The van der Waals surface area contributed by atoms with Crippen LogP contribution >= 0.6 is 0 Å².